The quantitative estimate of drug-likeness (QED) is 0.825. The monoisotopic (exact) mass is 336 g/mol. The molecule has 1 fully saturated rings. The second kappa shape index (κ2) is 5.91. The van der Waals surface area contributed by atoms with Crippen LogP contribution in [-0.2, 0) is 27.8 Å². The molecular weight excluding hydrogens is 312 g/mol. The van der Waals surface area contributed by atoms with E-state index in [0.717, 1.165) is 6.42 Å². The summed E-state index contributed by atoms with van der Waals surface area (Å²) in [5.41, 5.74) is 1.98. The fourth-order valence-corrected chi connectivity index (χ4v) is 4.68. The van der Waals surface area contributed by atoms with Gasteiger partial charge in [-0.15, -0.1) is 0 Å². The largest absolute Gasteiger partial charge is 0.338 e. The van der Waals surface area contributed by atoms with Crippen LogP contribution >= 0.6 is 0 Å². The fourth-order valence-electron chi connectivity index (χ4n) is 3.83. The fraction of sp³-hybridized carbons (Fsp3) is 0.588. The third kappa shape index (κ3) is 3.02. The molecular formula is C17H24N2O3S. The van der Waals surface area contributed by atoms with E-state index in [2.05, 4.69) is 12.1 Å². The third-order valence-electron chi connectivity index (χ3n) is 5.28. The standard InChI is InChI=1S/C17H24N2O3S/c1-3-18-13-15-7-5-4-6-14(15)12-17(16(18)20)8-10-19(11-9-17)23(2,21)22/h4-7H,3,8-13H2,1-2H3. The summed E-state index contributed by atoms with van der Waals surface area (Å²) in [6, 6.07) is 8.23. The molecule has 1 saturated heterocycles. The topological polar surface area (TPSA) is 57.7 Å². The smallest absolute Gasteiger partial charge is 0.229 e. The number of carbonyl (C=O) groups is 1. The Labute approximate surface area is 138 Å². The van der Waals surface area contributed by atoms with E-state index < -0.39 is 15.4 Å². The maximum absolute atomic E-state index is 13.1. The van der Waals surface area contributed by atoms with Gasteiger partial charge < -0.3 is 4.90 Å². The van der Waals surface area contributed by atoms with Crippen molar-refractivity contribution in [3.05, 3.63) is 35.4 Å². The lowest BCUT2D eigenvalue weighted by Gasteiger charge is -2.41. The molecule has 0 saturated carbocycles. The number of hydrogen-bond donors (Lipinski definition) is 0. The van der Waals surface area contributed by atoms with Crippen molar-refractivity contribution in [2.75, 3.05) is 25.9 Å². The molecule has 5 nitrogen and oxygen atoms in total. The number of hydrogen-bond acceptors (Lipinski definition) is 3. The van der Waals surface area contributed by atoms with E-state index in [0.29, 0.717) is 39.0 Å². The van der Waals surface area contributed by atoms with E-state index >= 15 is 0 Å². The molecule has 1 aromatic rings. The van der Waals surface area contributed by atoms with Gasteiger partial charge in [0.2, 0.25) is 15.9 Å². The molecule has 0 radical (unpaired) electrons. The molecule has 3 rings (SSSR count). The first-order chi connectivity index (χ1) is 10.9. The highest BCUT2D eigenvalue weighted by molar-refractivity contribution is 7.88. The minimum Gasteiger partial charge on any atom is -0.338 e. The van der Waals surface area contributed by atoms with Crippen molar-refractivity contribution in [3.63, 3.8) is 0 Å². The van der Waals surface area contributed by atoms with Crippen LogP contribution in [0.15, 0.2) is 24.3 Å². The Bertz CT molecular complexity index is 706. The van der Waals surface area contributed by atoms with Gasteiger partial charge in [0, 0.05) is 26.2 Å². The van der Waals surface area contributed by atoms with Crippen LogP contribution < -0.4 is 0 Å². The van der Waals surface area contributed by atoms with Crippen molar-refractivity contribution in [2.45, 2.75) is 32.7 Å². The lowest BCUT2D eigenvalue weighted by Crippen LogP contribution is -2.51. The van der Waals surface area contributed by atoms with Gasteiger partial charge in [0.1, 0.15) is 0 Å². The summed E-state index contributed by atoms with van der Waals surface area (Å²) in [5, 5.41) is 0. The number of amides is 1. The summed E-state index contributed by atoms with van der Waals surface area (Å²) in [5.74, 6) is 0.185. The average molecular weight is 336 g/mol. The molecule has 2 aliphatic heterocycles. The summed E-state index contributed by atoms with van der Waals surface area (Å²) < 4.78 is 25.0. The molecule has 23 heavy (non-hydrogen) atoms. The van der Waals surface area contributed by atoms with Crippen molar-refractivity contribution in [1.29, 1.82) is 0 Å². The van der Waals surface area contributed by atoms with Crippen LogP contribution in [0.5, 0.6) is 0 Å². The molecule has 1 spiro atoms. The maximum atomic E-state index is 13.1. The van der Waals surface area contributed by atoms with E-state index in [-0.39, 0.29) is 5.91 Å². The van der Waals surface area contributed by atoms with Gasteiger partial charge >= 0.3 is 0 Å². The molecule has 0 N–H and O–H groups in total. The van der Waals surface area contributed by atoms with Crippen molar-refractivity contribution in [2.24, 2.45) is 5.41 Å². The summed E-state index contributed by atoms with van der Waals surface area (Å²) in [7, 11) is -3.18. The van der Waals surface area contributed by atoms with Gasteiger partial charge in [0.05, 0.1) is 11.7 Å². The van der Waals surface area contributed by atoms with E-state index in [4.69, 9.17) is 0 Å². The summed E-state index contributed by atoms with van der Waals surface area (Å²) in [6.45, 7) is 4.22. The molecule has 0 aromatic heterocycles. The molecule has 0 atom stereocenters. The molecule has 0 unspecified atom stereocenters. The molecule has 2 heterocycles. The van der Waals surface area contributed by atoms with Crippen LogP contribution in [-0.4, -0.2) is 49.4 Å². The van der Waals surface area contributed by atoms with Gasteiger partial charge in [0.15, 0.2) is 0 Å². The zero-order valence-corrected chi connectivity index (χ0v) is 14.6. The minimum absolute atomic E-state index is 0.185. The highest BCUT2D eigenvalue weighted by Gasteiger charge is 2.46. The SMILES string of the molecule is CCN1Cc2ccccc2CC2(CCN(S(C)(=O)=O)CC2)C1=O. The van der Waals surface area contributed by atoms with E-state index in [9.17, 15) is 13.2 Å². The number of rotatable bonds is 2. The van der Waals surface area contributed by atoms with Gasteiger partial charge in [-0.3, -0.25) is 4.79 Å². The van der Waals surface area contributed by atoms with Crippen molar-refractivity contribution >= 4 is 15.9 Å². The molecule has 1 amide bonds. The lowest BCUT2D eigenvalue weighted by molar-refractivity contribution is -0.144. The number of benzene rings is 1. The van der Waals surface area contributed by atoms with Crippen LogP contribution in [0.2, 0.25) is 0 Å². The van der Waals surface area contributed by atoms with Gasteiger partial charge in [-0.25, -0.2) is 12.7 Å². The van der Waals surface area contributed by atoms with Crippen molar-refractivity contribution in [3.8, 4) is 0 Å². The highest BCUT2D eigenvalue weighted by Crippen LogP contribution is 2.40. The van der Waals surface area contributed by atoms with Crippen molar-refractivity contribution in [1.82, 2.24) is 9.21 Å². The molecule has 0 bridgehead atoms. The molecule has 126 valence electrons. The van der Waals surface area contributed by atoms with E-state index in [1.165, 1.54) is 21.7 Å². The second-order valence-corrected chi connectivity index (χ2v) is 8.69. The van der Waals surface area contributed by atoms with Crippen LogP contribution in [0, 0.1) is 5.41 Å². The Hall–Kier alpha value is -1.40. The Morgan fingerprint density at radius 3 is 2.30 bits per heavy atom. The average Bonchev–Trinajstić information content (AvgIpc) is 2.63. The first-order valence-corrected chi connectivity index (χ1v) is 10.0. The predicted octanol–water partition coefficient (Wildman–Crippen LogP) is 1.63. The minimum atomic E-state index is -3.18. The number of piperidine rings is 1. The summed E-state index contributed by atoms with van der Waals surface area (Å²) in [4.78, 5) is 15.1. The number of fused-ring (bicyclic) bond motifs is 1. The summed E-state index contributed by atoms with van der Waals surface area (Å²) >= 11 is 0. The zero-order valence-electron chi connectivity index (χ0n) is 13.8. The maximum Gasteiger partial charge on any atom is 0.229 e. The Kier molecular flexibility index (Phi) is 4.23. The Balaban J connectivity index is 1.93. The first kappa shape index (κ1) is 16.5. The molecule has 0 aliphatic carbocycles. The van der Waals surface area contributed by atoms with E-state index in [1.54, 1.807) is 0 Å². The first-order valence-electron chi connectivity index (χ1n) is 8.17. The number of sulfonamides is 1. The Morgan fingerprint density at radius 1 is 1.13 bits per heavy atom. The normalized spacial score (nSPS) is 22.0. The molecule has 2 aliphatic rings. The number of nitrogens with zero attached hydrogens (tertiary/aromatic N) is 2. The van der Waals surface area contributed by atoms with Crippen LogP contribution in [0.25, 0.3) is 0 Å². The highest BCUT2D eigenvalue weighted by atomic mass is 32.2. The lowest BCUT2D eigenvalue weighted by atomic mass is 9.73. The van der Waals surface area contributed by atoms with Gasteiger partial charge in [0.25, 0.3) is 0 Å². The Morgan fingerprint density at radius 2 is 1.74 bits per heavy atom. The summed E-state index contributed by atoms with van der Waals surface area (Å²) in [6.07, 6.45) is 3.16. The zero-order chi connectivity index (χ0) is 16.7. The number of carbonyl (C=O) groups excluding carboxylic acids is 1. The van der Waals surface area contributed by atoms with Crippen LogP contribution in [0.1, 0.15) is 30.9 Å². The van der Waals surface area contributed by atoms with Crippen LogP contribution in [0.4, 0.5) is 0 Å². The van der Waals surface area contributed by atoms with Crippen molar-refractivity contribution < 1.29 is 13.2 Å². The van der Waals surface area contributed by atoms with Gasteiger partial charge in [-0.1, -0.05) is 24.3 Å². The van der Waals surface area contributed by atoms with E-state index in [1.807, 2.05) is 24.0 Å². The molecule has 1 aromatic carbocycles. The predicted molar refractivity (Wildman–Crippen MR) is 89.3 cm³/mol. The van der Waals surface area contributed by atoms with Gasteiger partial charge in [-0.2, -0.15) is 0 Å². The van der Waals surface area contributed by atoms with Gasteiger partial charge in [-0.05, 0) is 37.3 Å². The third-order valence-corrected chi connectivity index (χ3v) is 6.58. The molecule has 6 heteroatoms. The second-order valence-electron chi connectivity index (χ2n) is 6.71. The van der Waals surface area contributed by atoms with Crippen LogP contribution in [0.3, 0.4) is 0 Å².